The maximum absolute atomic E-state index is 10.9. The number of aliphatic hydroxyl groups excluding tert-OH is 2. The van der Waals surface area contributed by atoms with Gasteiger partial charge in [-0.05, 0) is 66.4 Å². The predicted molar refractivity (Wildman–Crippen MR) is 126 cm³/mol. The summed E-state index contributed by atoms with van der Waals surface area (Å²) in [6.07, 6.45) is -0.815. The molecule has 0 amide bonds. The third-order valence-corrected chi connectivity index (χ3v) is 5.84. The SMILES string of the molecule is C[C@H](Cc1ccc(O)cc1)N(C[C@@H](O)c1cccc(Cl)c1)C[C@@H](O)c1cccc(Cl)c1. The summed E-state index contributed by atoms with van der Waals surface area (Å²) >= 11 is 12.2. The van der Waals surface area contributed by atoms with Crippen molar-refractivity contribution in [3.63, 3.8) is 0 Å². The second kappa shape index (κ2) is 11.0. The van der Waals surface area contributed by atoms with Crippen LogP contribution in [0.3, 0.4) is 0 Å². The lowest BCUT2D eigenvalue weighted by atomic mass is 10.0. The molecule has 0 aliphatic heterocycles. The van der Waals surface area contributed by atoms with Crippen molar-refractivity contribution in [3.8, 4) is 5.75 Å². The van der Waals surface area contributed by atoms with Gasteiger partial charge in [-0.2, -0.15) is 0 Å². The fourth-order valence-corrected chi connectivity index (χ4v) is 4.02. The lowest BCUT2D eigenvalue weighted by Crippen LogP contribution is -2.40. The zero-order chi connectivity index (χ0) is 22.4. The van der Waals surface area contributed by atoms with Gasteiger partial charge in [0.25, 0.3) is 0 Å². The van der Waals surface area contributed by atoms with Crippen LogP contribution < -0.4 is 0 Å². The number of halogens is 2. The number of phenols is 1. The molecule has 0 aromatic heterocycles. The van der Waals surface area contributed by atoms with Gasteiger partial charge in [0.2, 0.25) is 0 Å². The highest BCUT2D eigenvalue weighted by molar-refractivity contribution is 6.30. The second-order valence-electron chi connectivity index (χ2n) is 7.82. The van der Waals surface area contributed by atoms with Crippen molar-refractivity contribution in [1.82, 2.24) is 4.90 Å². The highest BCUT2D eigenvalue weighted by Gasteiger charge is 2.23. The van der Waals surface area contributed by atoms with Crippen LogP contribution in [0.25, 0.3) is 0 Å². The lowest BCUT2D eigenvalue weighted by molar-refractivity contribution is 0.0480. The fourth-order valence-electron chi connectivity index (χ4n) is 3.62. The number of aromatic hydroxyl groups is 1. The van der Waals surface area contributed by atoms with E-state index < -0.39 is 12.2 Å². The van der Waals surface area contributed by atoms with Gasteiger partial charge in [0, 0.05) is 29.2 Å². The summed E-state index contributed by atoms with van der Waals surface area (Å²) in [6.45, 7) is 2.72. The number of aliphatic hydroxyl groups is 2. The average molecular weight is 460 g/mol. The molecule has 164 valence electrons. The first-order valence-corrected chi connectivity index (χ1v) is 11.0. The minimum Gasteiger partial charge on any atom is -0.508 e. The van der Waals surface area contributed by atoms with Crippen LogP contribution in [0.15, 0.2) is 72.8 Å². The monoisotopic (exact) mass is 459 g/mol. The van der Waals surface area contributed by atoms with E-state index in [0.29, 0.717) is 29.6 Å². The average Bonchev–Trinajstić information content (AvgIpc) is 2.74. The van der Waals surface area contributed by atoms with Gasteiger partial charge in [-0.3, -0.25) is 4.90 Å². The normalized spacial score (nSPS) is 14.4. The summed E-state index contributed by atoms with van der Waals surface area (Å²) in [5, 5.41) is 32.4. The molecular formula is C25H27Cl2NO3. The summed E-state index contributed by atoms with van der Waals surface area (Å²) in [6, 6.07) is 21.4. The maximum Gasteiger partial charge on any atom is 0.115 e. The number of hydrogen-bond donors (Lipinski definition) is 3. The van der Waals surface area contributed by atoms with Gasteiger partial charge in [0.05, 0.1) is 12.2 Å². The quantitative estimate of drug-likeness (QED) is 0.400. The van der Waals surface area contributed by atoms with Gasteiger partial charge < -0.3 is 15.3 Å². The van der Waals surface area contributed by atoms with E-state index in [1.807, 2.05) is 36.4 Å². The first-order chi connectivity index (χ1) is 14.8. The summed E-state index contributed by atoms with van der Waals surface area (Å²) in [4.78, 5) is 2.06. The maximum atomic E-state index is 10.9. The van der Waals surface area contributed by atoms with Crippen LogP contribution >= 0.6 is 23.2 Å². The van der Waals surface area contributed by atoms with Crippen LogP contribution in [-0.2, 0) is 6.42 Å². The smallest absolute Gasteiger partial charge is 0.115 e. The topological polar surface area (TPSA) is 63.9 Å². The third-order valence-electron chi connectivity index (χ3n) is 5.37. The van der Waals surface area contributed by atoms with E-state index in [0.717, 1.165) is 16.7 Å². The molecule has 0 radical (unpaired) electrons. The molecule has 0 unspecified atom stereocenters. The van der Waals surface area contributed by atoms with Crippen LogP contribution in [0, 0.1) is 0 Å². The van der Waals surface area contributed by atoms with Gasteiger partial charge in [-0.15, -0.1) is 0 Å². The van der Waals surface area contributed by atoms with Crippen molar-refractivity contribution in [2.75, 3.05) is 13.1 Å². The van der Waals surface area contributed by atoms with Gasteiger partial charge in [-0.1, -0.05) is 59.6 Å². The summed E-state index contributed by atoms with van der Waals surface area (Å²) in [5.41, 5.74) is 2.52. The Labute approximate surface area is 193 Å². The number of benzene rings is 3. The lowest BCUT2D eigenvalue weighted by Gasteiger charge is -2.33. The van der Waals surface area contributed by atoms with Crippen LogP contribution in [-0.4, -0.2) is 39.4 Å². The minimum absolute atomic E-state index is 0.0206. The highest BCUT2D eigenvalue weighted by Crippen LogP contribution is 2.24. The Morgan fingerprint density at radius 3 is 1.71 bits per heavy atom. The standard InChI is InChI=1S/C25H27Cl2NO3/c1-17(12-18-8-10-23(29)11-9-18)28(15-24(30)19-4-2-6-21(26)13-19)16-25(31)20-5-3-7-22(27)14-20/h2-11,13-14,17,24-25,29-31H,12,15-16H2,1H3/t17-,24-,25-/m1/s1. The van der Waals surface area contributed by atoms with Crippen LogP contribution in [0.2, 0.25) is 10.0 Å². The Hall–Kier alpha value is -2.08. The molecule has 0 spiro atoms. The Morgan fingerprint density at radius 2 is 1.26 bits per heavy atom. The summed E-state index contributed by atoms with van der Waals surface area (Å²) < 4.78 is 0. The van der Waals surface area contributed by atoms with Crippen molar-refractivity contribution in [1.29, 1.82) is 0 Å². The molecule has 3 atom stereocenters. The number of phenolic OH excluding ortho intramolecular Hbond substituents is 1. The molecule has 3 N–H and O–H groups in total. The van der Waals surface area contributed by atoms with Crippen molar-refractivity contribution >= 4 is 23.2 Å². The molecule has 3 aromatic carbocycles. The Kier molecular flexibility index (Phi) is 8.35. The third kappa shape index (κ3) is 6.96. The first kappa shape index (κ1) is 23.6. The molecule has 31 heavy (non-hydrogen) atoms. The molecule has 0 aliphatic rings. The van der Waals surface area contributed by atoms with Crippen molar-refractivity contribution in [2.45, 2.75) is 31.6 Å². The van der Waals surface area contributed by atoms with E-state index in [4.69, 9.17) is 23.2 Å². The van der Waals surface area contributed by atoms with Crippen molar-refractivity contribution < 1.29 is 15.3 Å². The highest BCUT2D eigenvalue weighted by atomic mass is 35.5. The van der Waals surface area contributed by atoms with E-state index in [9.17, 15) is 15.3 Å². The van der Waals surface area contributed by atoms with E-state index >= 15 is 0 Å². The molecule has 3 rings (SSSR count). The Balaban J connectivity index is 1.78. The summed E-state index contributed by atoms with van der Waals surface area (Å²) in [7, 11) is 0. The molecule has 3 aromatic rings. The zero-order valence-electron chi connectivity index (χ0n) is 17.3. The first-order valence-electron chi connectivity index (χ1n) is 10.2. The molecular weight excluding hydrogens is 433 g/mol. The van der Waals surface area contributed by atoms with E-state index in [-0.39, 0.29) is 11.8 Å². The molecule has 6 heteroatoms. The van der Waals surface area contributed by atoms with Gasteiger partial charge in [-0.25, -0.2) is 0 Å². The Morgan fingerprint density at radius 1 is 0.774 bits per heavy atom. The molecule has 0 saturated carbocycles. The number of hydrogen-bond acceptors (Lipinski definition) is 4. The predicted octanol–water partition coefficient (Wildman–Crippen LogP) is 5.40. The van der Waals surface area contributed by atoms with Crippen LogP contribution in [0.1, 0.15) is 35.8 Å². The zero-order valence-corrected chi connectivity index (χ0v) is 18.8. The molecule has 0 fully saturated rings. The van der Waals surface area contributed by atoms with Gasteiger partial charge in [0.15, 0.2) is 0 Å². The van der Waals surface area contributed by atoms with E-state index in [2.05, 4.69) is 11.8 Å². The van der Waals surface area contributed by atoms with E-state index in [1.54, 1.807) is 36.4 Å². The second-order valence-corrected chi connectivity index (χ2v) is 8.69. The fraction of sp³-hybridized carbons (Fsp3) is 0.280. The molecule has 0 aliphatic carbocycles. The van der Waals surface area contributed by atoms with Crippen LogP contribution in [0.5, 0.6) is 5.75 Å². The van der Waals surface area contributed by atoms with Gasteiger partial charge in [0.1, 0.15) is 5.75 Å². The molecule has 4 nitrogen and oxygen atoms in total. The Bertz CT molecular complexity index is 927. The molecule has 0 saturated heterocycles. The van der Waals surface area contributed by atoms with Crippen molar-refractivity contribution in [3.05, 3.63) is 99.5 Å². The molecule has 0 bridgehead atoms. The number of nitrogens with zero attached hydrogens (tertiary/aromatic N) is 1. The van der Waals surface area contributed by atoms with Gasteiger partial charge >= 0.3 is 0 Å². The largest absolute Gasteiger partial charge is 0.508 e. The number of rotatable bonds is 9. The van der Waals surface area contributed by atoms with E-state index in [1.165, 1.54) is 0 Å². The minimum atomic E-state index is -0.757. The molecule has 0 heterocycles. The van der Waals surface area contributed by atoms with Crippen LogP contribution in [0.4, 0.5) is 0 Å². The van der Waals surface area contributed by atoms with Crippen molar-refractivity contribution in [2.24, 2.45) is 0 Å². The summed E-state index contributed by atoms with van der Waals surface area (Å²) in [5.74, 6) is 0.223.